The highest BCUT2D eigenvalue weighted by Gasteiger charge is 2.32. The van der Waals surface area contributed by atoms with E-state index in [9.17, 15) is 0 Å². The lowest BCUT2D eigenvalue weighted by atomic mass is 9.97. The van der Waals surface area contributed by atoms with Crippen LogP contribution in [0.4, 0.5) is 0 Å². The summed E-state index contributed by atoms with van der Waals surface area (Å²) in [6.45, 7) is 7.13. The van der Waals surface area contributed by atoms with Crippen LogP contribution < -0.4 is 10.6 Å². The number of nitrogens with one attached hydrogen (secondary N) is 2. The fourth-order valence-electron chi connectivity index (χ4n) is 2.31. The van der Waals surface area contributed by atoms with E-state index in [0.29, 0.717) is 0 Å². The molecule has 0 aromatic carbocycles. The maximum Gasteiger partial charge on any atom is 0.0320 e. The molecule has 1 aliphatic heterocycles. The Labute approximate surface area is 75.1 Å². The van der Waals surface area contributed by atoms with Crippen molar-refractivity contribution in [3.8, 4) is 0 Å². The average Bonchev–Trinajstić information content (AvgIpc) is 2.27. The predicted octanol–water partition coefficient (Wildman–Crippen LogP) is 0.982. The molecule has 2 nitrogen and oxygen atoms in total. The molecule has 12 heavy (non-hydrogen) atoms. The van der Waals surface area contributed by atoms with Crippen LogP contribution in [0.3, 0.4) is 0 Å². The van der Waals surface area contributed by atoms with E-state index in [-0.39, 0.29) is 0 Å². The smallest absolute Gasteiger partial charge is 0.0320 e. The maximum atomic E-state index is 3.73. The van der Waals surface area contributed by atoms with E-state index < -0.39 is 0 Å². The summed E-state index contributed by atoms with van der Waals surface area (Å²) in [5, 5.41) is 7.03. The van der Waals surface area contributed by atoms with Crippen molar-refractivity contribution >= 4 is 0 Å². The fourth-order valence-corrected chi connectivity index (χ4v) is 2.31. The number of hydrogen-bond acceptors (Lipinski definition) is 2. The Morgan fingerprint density at radius 3 is 2.33 bits per heavy atom. The monoisotopic (exact) mass is 168 g/mol. The summed E-state index contributed by atoms with van der Waals surface area (Å²) in [6.07, 6.45) is 2.80. The van der Waals surface area contributed by atoms with Gasteiger partial charge >= 0.3 is 0 Å². The van der Waals surface area contributed by atoms with Gasteiger partial charge in [0.15, 0.2) is 0 Å². The van der Waals surface area contributed by atoms with Crippen molar-refractivity contribution < 1.29 is 0 Å². The molecule has 2 N–H and O–H groups in total. The fraction of sp³-hybridized carbons (Fsp3) is 1.00. The van der Waals surface area contributed by atoms with Crippen LogP contribution in [0.1, 0.15) is 26.7 Å². The van der Waals surface area contributed by atoms with Gasteiger partial charge in [-0.2, -0.15) is 0 Å². The summed E-state index contributed by atoms with van der Waals surface area (Å²) >= 11 is 0. The second kappa shape index (κ2) is 3.35. The second-order valence-corrected chi connectivity index (χ2v) is 4.54. The second-order valence-electron chi connectivity index (χ2n) is 4.54. The average molecular weight is 168 g/mol. The van der Waals surface area contributed by atoms with Gasteiger partial charge in [-0.05, 0) is 24.7 Å². The Kier molecular flexibility index (Phi) is 2.37. The predicted molar refractivity (Wildman–Crippen MR) is 51.1 cm³/mol. The highest BCUT2D eigenvalue weighted by atomic mass is 15.1. The van der Waals surface area contributed by atoms with Crippen LogP contribution in [-0.4, -0.2) is 25.2 Å². The van der Waals surface area contributed by atoms with Gasteiger partial charge in [0.05, 0.1) is 0 Å². The molecule has 1 saturated heterocycles. The van der Waals surface area contributed by atoms with Crippen LogP contribution in [0.25, 0.3) is 0 Å². The molecular formula is C10H20N2. The van der Waals surface area contributed by atoms with E-state index in [1.165, 1.54) is 25.9 Å². The molecule has 0 spiro atoms. The number of hydrogen-bond donors (Lipinski definition) is 2. The Bertz CT molecular complexity index is 154. The topological polar surface area (TPSA) is 24.1 Å². The molecule has 2 fully saturated rings. The van der Waals surface area contributed by atoms with Crippen LogP contribution in [-0.2, 0) is 0 Å². The van der Waals surface area contributed by atoms with Gasteiger partial charge in [0.2, 0.25) is 0 Å². The molecule has 0 radical (unpaired) electrons. The van der Waals surface area contributed by atoms with E-state index in [4.69, 9.17) is 0 Å². The Hall–Kier alpha value is -0.0800. The molecule has 1 saturated carbocycles. The molecule has 1 heterocycles. The van der Waals surface area contributed by atoms with Crippen LogP contribution >= 0.6 is 0 Å². The van der Waals surface area contributed by atoms with Gasteiger partial charge in [0, 0.05) is 25.2 Å². The van der Waals surface area contributed by atoms with Crippen molar-refractivity contribution in [2.75, 3.05) is 13.1 Å². The first kappa shape index (κ1) is 8.52. The van der Waals surface area contributed by atoms with E-state index in [1.54, 1.807) is 0 Å². The molecule has 0 aromatic rings. The first-order valence-corrected chi connectivity index (χ1v) is 5.24. The van der Waals surface area contributed by atoms with Crippen molar-refractivity contribution in [3.63, 3.8) is 0 Å². The SMILES string of the molecule is CC1CCC(NC2CNC2)C1C. The van der Waals surface area contributed by atoms with Gasteiger partial charge in [0.1, 0.15) is 0 Å². The van der Waals surface area contributed by atoms with Crippen molar-refractivity contribution in [2.24, 2.45) is 11.8 Å². The van der Waals surface area contributed by atoms with Crippen LogP contribution in [0.2, 0.25) is 0 Å². The van der Waals surface area contributed by atoms with E-state index >= 15 is 0 Å². The zero-order chi connectivity index (χ0) is 8.55. The Morgan fingerprint density at radius 1 is 1.17 bits per heavy atom. The van der Waals surface area contributed by atoms with Gasteiger partial charge in [-0.15, -0.1) is 0 Å². The van der Waals surface area contributed by atoms with E-state index in [1.807, 2.05) is 0 Å². The summed E-state index contributed by atoms with van der Waals surface area (Å²) < 4.78 is 0. The Balaban J connectivity index is 1.79. The maximum absolute atomic E-state index is 3.73. The van der Waals surface area contributed by atoms with E-state index in [2.05, 4.69) is 24.5 Å². The normalized spacial score (nSPS) is 43.0. The van der Waals surface area contributed by atoms with Crippen molar-refractivity contribution in [1.29, 1.82) is 0 Å². The van der Waals surface area contributed by atoms with Gasteiger partial charge in [-0.1, -0.05) is 13.8 Å². The molecule has 0 amide bonds. The molecule has 0 bridgehead atoms. The minimum atomic E-state index is 0.766. The molecule has 2 heteroatoms. The lowest BCUT2D eigenvalue weighted by molar-refractivity contribution is 0.285. The molecule has 1 aliphatic carbocycles. The minimum absolute atomic E-state index is 0.766. The quantitative estimate of drug-likeness (QED) is 0.642. The molecule has 2 aliphatic rings. The number of rotatable bonds is 2. The van der Waals surface area contributed by atoms with Crippen LogP contribution in [0, 0.1) is 11.8 Å². The zero-order valence-electron chi connectivity index (χ0n) is 8.14. The third kappa shape index (κ3) is 1.50. The van der Waals surface area contributed by atoms with Crippen LogP contribution in [0.5, 0.6) is 0 Å². The third-order valence-electron chi connectivity index (χ3n) is 3.70. The van der Waals surface area contributed by atoms with Gasteiger partial charge in [0.25, 0.3) is 0 Å². The molecular weight excluding hydrogens is 148 g/mol. The first-order valence-electron chi connectivity index (χ1n) is 5.24. The van der Waals surface area contributed by atoms with Gasteiger partial charge < -0.3 is 10.6 Å². The molecule has 3 unspecified atom stereocenters. The first-order chi connectivity index (χ1) is 5.77. The largest absolute Gasteiger partial charge is 0.314 e. The van der Waals surface area contributed by atoms with Crippen molar-refractivity contribution in [1.82, 2.24) is 10.6 Å². The summed E-state index contributed by atoms with van der Waals surface area (Å²) in [6, 6.07) is 1.56. The summed E-state index contributed by atoms with van der Waals surface area (Å²) in [5.74, 6) is 1.81. The molecule has 70 valence electrons. The lowest BCUT2D eigenvalue weighted by Crippen LogP contribution is -2.58. The highest BCUT2D eigenvalue weighted by molar-refractivity contribution is 4.91. The van der Waals surface area contributed by atoms with Crippen molar-refractivity contribution in [3.05, 3.63) is 0 Å². The van der Waals surface area contributed by atoms with E-state index in [0.717, 1.165) is 23.9 Å². The lowest BCUT2D eigenvalue weighted by Gasteiger charge is -2.33. The molecule has 2 rings (SSSR count). The Morgan fingerprint density at radius 2 is 1.92 bits per heavy atom. The van der Waals surface area contributed by atoms with Gasteiger partial charge in [-0.3, -0.25) is 0 Å². The summed E-state index contributed by atoms with van der Waals surface area (Å²) in [5.41, 5.74) is 0. The molecule has 0 aromatic heterocycles. The summed E-state index contributed by atoms with van der Waals surface area (Å²) in [7, 11) is 0. The van der Waals surface area contributed by atoms with Crippen molar-refractivity contribution in [2.45, 2.75) is 38.8 Å². The summed E-state index contributed by atoms with van der Waals surface area (Å²) in [4.78, 5) is 0. The third-order valence-corrected chi connectivity index (χ3v) is 3.70. The van der Waals surface area contributed by atoms with Gasteiger partial charge in [-0.25, -0.2) is 0 Å². The van der Waals surface area contributed by atoms with Crippen LogP contribution in [0.15, 0.2) is 0 Å². The standard InChI is InChI=1S/C10H20N2/c1-7-3-4-10(8(7)2)12-9-5-11-6-9/h7-12H,3-6H2,1-2H3. The highest BCUT2D eigenvalue weighted by Crippen LogP contribution is 2.31. The molecule has 3 atom stereocenters. The zero-order valence-corrected chi connectivity index (χ0v) is 8.14. The minimum Gasteiger partial charge on any atom is -0.314 e.